The van der Waals surface area contributed by atoms with Crippen LogP contribution in [0.25, 0.3) is 0 Å². The first-order valence-corrected chi connectivity index (χ1v) is 4.08. The highest BCUT2D eigenvalue weighted by Crippen LogP contribution is 2.35. The highest BCUT2D eigenvalue weighted by Gasteiger charge is 2.19. The van der Waals surface area contributed by atoms with Gasteiger partial charge in [0.1, 0.15) is 5.82 Å². The number of halogens is 2. The Labute approximate surface area is 90.8 Å². The molecule has 0 amide bonds. The minimum absolute atomic E-state index is 0. The van der Waals surface area contributed by atoms with E-state index in [2.05, 4.69) is 11.1 Å². The maximum Gasteiger partial charge on any atom is 0.123 e. The summed E-state index contributed by atoms with van der Waals surface area (Å²) < 4.78 is 0. The van der Waals surface area contributed by atoms with Crippen molar-refractivity contribution >= 4 is 30.6 Å². The third-order valence-corrected chi connectivity index (χ3v) is 2.39. The Balaban J connectivity index is 0.000000720. The van der Waals surface area contributed by atoms with Crippen LogP contribution in [0.1, 0.15) is 30.7 Å². The number of anilines is 1. The van der Waals surface area contributed by atoms with Gasteiger partial charge in [-0.3, -0.25) is 0 Å². The number of pyridine rings is 1. The minimum Gasteiger partial charge on any atom is -0.384 e. The van der Waals surface area contributed by atoms with Crippen molar-refractivity contribution in [2.75, 3.05) is 5.73 Å². The predicted molar refractivity (Wildman–Crippen MR) is 59.7 cm³/mol. The number of rotatable bonds is 1. The van der Waals surface area contributed by atoms with Crippen LogP contribution in [-0.2, 0) is 0 Å². The van der Waals surface area contributed by atoms with Gasteiger partial charge in [0.15, 0.2) is 0 Å². The first kappa shape index (κ1) is 12.5. The summed E-state index contributed by atoms with van der Waals surface area (Å²) in [6, 6.07) is 3.97. The molecule has 1 heterocycles. The summed E-state index contributed by atoms with van der Waals surface area (Å²) in [6.07, 6.45) is 5.92. The SMILES string of the molecule is Cl.Cl.Nc1ccc(C2CCC2)cn1. The van der Waals surface area contributed by atoms with Crippen molar-refractivity contribution < 1.29 is 0 Å². The van der Waals surface area contributed by atoms with E-state index >= 15 is 0 Å². The third kappa shape index (κ3) is 2.75. The summed E-state index contributed by atoms with van der Waals surface area (Å²) in [7, 11) is 0. The van der Waals surface area contributed by atoms with Crippen LogP contribution in [0, 0.1) is 0 Å². The van der Waals surface area contributed by atoms with E-state index in [1.807, 2.05) is 12.3 Å². The van der Waals surface area contributed by atoms with Crippen molar-refractivity contribution in [3.63, 3.8) is 0 Å². The number of nitrogens with two attached hydrogens (primary N) is 1. The van der Waals surface area contributed by atoms with Crippen LogP contribution in [0.2, 0.25) is 0 Å². The molecule has 1 aromatic heterocycles. The van der Waals surface area contributed by atoms with Crippen molar-refractivity contribution in [1.82, 2.24) is 4.98 Å². The largest absolute Gasteiger partial charge is 0.384 e. The molecule has 13 heavy (non-hydrogen) atoms. The molecule has 1 saturated carbocycles. The number of nitrogens with zero attached hydrogens (tertiary/aromatic N) is 1. The zero-order valence-corrected chi connectivity index (χ0v) is 8.90. The van der Waals surface area contributed by atoms with E-state index in [4.69, 9.17) is 5.73 Å². The van der Waals surface area contributed by atoms with Crippen LogP contribution < -0.4 is 5.73 Å². The van der Waals surface area contributed by atoms with Gasteiger partial charge in [-0.2, -0.15) is 0 Å². The van der Waals surface area contributed by atoms with Gasteiger partial charge >= 0.3 is 0 Å². The molecular weight excluding hydrogens is 207 g/mol. The molecule has 0 aliphatic heterocycles. The number of hydrogen-bond donors (Lipinski definition) is 1. The monoisotopic (exact) mass is 220 g/mol. The number of nitrogen functional groups attached to an aromatic ring is 1. The van der Waals surface area contributed by atoms with Crippen LogP contribution in [0.3, 0.4) is 0 Å². The molecule has 1 fully saturated rings. The Kier molecular flexibility index (Phi) is 5.11. The second-order valence-electron chi connectivity index (χ2n) is 3.14. The molecule has 0 aromatic carbocycles. The van der Waals surface area contributed by atoms with Crippen LogP contribution >= 0.6 is 24.8 Å². The fraction of sp³-hybridized carbons (Fsp3) is 0.444. The van der Waals surface area contributed by atoms with Gasteiger partial charge in [-0.05, 0) is 30.4 Å². The van der Waals surface area contributed by atoms with E-state index in [1.54, 1.807) is 0 Å². The summed E-state index contributed by atoms with van der Waals surface area (Å²) in [5.74, 6) is 1.39. The molecule has 0 bridgehead atoms. The lowest BCUT2D eigenvalue weighted by Gasteiger charge is -2.25. The van der Waals surface area contributed by atoms with E-state index < -0.39 is 0 Å². The van der Waals surface area contributed by atoms with Crippen LogP contribution in [0.4, 0.5) is 5.82 Å². The van der Waals surface area contributed by atoms with E-state index in [-0.39, 0.29) is 24.8 Å². The summed E-state index contributed by atoms with van der Waals surface area (Å²) in [6.45, 7) is 0. The van der Waals surface area contributed by atoms with E-state index in [0.29, 0.717) is 5.82 Å². The van der Waals surface area contributed by atoms with Crippen molar-refractivity contribution in [2.45, 2.75) is 25.2 Å². The Morgan fingerprint density at radius 3 is 2.31 bits per heavy atom. The van der Waals surface area contributed by atoms with Gasteiger partial charge < -0.3 is 5.73 Å². The Hall–Kier alpha value is -0.470. The van der Waals surface area contributed by atoms with Crippen LogP contribution in [-0.4, -0.2) is 4.98 Å². The summed E-state index contributed by atoms with van der Waals surface area (Å²) in [5, 5.41) is 0. The van der Waals surface area contributed by atoms with Crippen LogP contribution in [0.15, 0.2) is 18.3 Å². The fourth-order valence-electron chi connectivity index (χ4n) is 1.40. The molecule has 2 N–H and O–H groups in total. The summed E-state index contributed by atoms with van der Waals surface area (Å²) in [5.41, 5.74) is 6.83. The van der Waals surface area contributed by atoms with Crippen molar-refractivity contribution in [1.29, 1.82) is 0 Å². The third-order valence-electron chi connectivity index (χ3n) is 2.39. The lowest BCUT2D eigenvalue weighted by molar-refractivity contribution is 0.419. The summed E-state index contributed by atoms with van der Waals surface area (Å²) >= 11 is 0. The van der Waals surface area contributed by atoms with Crippen molar-refractivity contribution in [3.8, 4) is 0 Å². The van der Waals surface area contributed by atoms with Gasteiger partial charge in [-0.15, -0.1) is 24.8 Å². The lowest BCUT2D eigenvalue weighted by atomic mass is 9.81. The first-order chi connectivity index (χ1) is 5.36. The van der Waals surface area contributed by atoms with Crippen molar-refractivity contribution in [2.24, 2.45) is 0 Å². The molecule has 1 aliphatic carbocycles. The summed E-state index contributed by atoms with van der Waals surface area (Å²) in [4.78, 5) is 4.06. The molecule has 74 valence electrons. The van der Waals surface area contributed by atoms with Gasteiger partial charge in [0.25, 0.3) is 0 Å². The molecule has 0 atom stereocenters. The first-order valence-electron chi connectivity index (χ1n) is 4.08. The van der Waals surface area contributed by atoms with Gasteiger partial charge in [0, 0.05) is 6.20 Å². The zero-order chi connectivity index (χ0) is 7.68. The maximum atomic E-state index is 5.48. The normalized spacial score (nSPS) is 15.1. The van der Waals surface area contributed by atoms with Crippen molar-refractivity contribution in [3.05, 3.63) is 23.9 Å². The van der Waals surface area contributed by atoms with Gasteiger partial charge in [0.2, 0.25) is 0 Å². The lowest BCUT2D eigenvalue weighted by Crippen LogP contribution is -2.08. The standard InChI is InChI=1S/C9H12N2.2ClH/c10-9-5-4-8(6-11-9)7-2-1-3-7;;/h4-7H,1-3H2,(H2,10,11);2*1H. The van der Waals surface area contributed by atoms with E-state index in [9.17, 15) is 0 Å². The zero-order valence-electron chi connectivity index (χ0n) is 7.27. The fourth-order valence-corrected chi connectivity index (χ4v) is 1.40. The van der Waals surface area contributed by atoms with Gasteiger partial charge in [-0.1, -0.05) is 12.5 Å². The van der Waals surface area contributed by atoms with E-state index in [0.717, 1.165) is 5.92 Å². The number of aromatic nitrogens is 1. The van der Waals surface area contributed by atoms with E-state index in [1.165, 1.54) is 24.8 Å². The molecule has 0 saturated heterocycles. The van der Waals surface area contributed by atoms with Gasteiger partial charge in [0.05, 0.1) is 0 Å². The maximum absolute atomic E-state index is 5.48. The molecular formula is C9H14Cl2N2. The molecule has 1 aromatic rings. The quantitative estimate of drug-likeness (QED) is 0.791. The van der Waals surface area contributed by atoms with Crippen LogP contribution in [0.5, 0.6) is 0 Å². The second-order valence-corrected chi connectivity index (χ2v) is 3.14. The molecule has 0 spiro atoms. The molecule has 4 heteroatoms. The molecule has 0 unspecified atom stereocenters. The Morgan fingerprint density at radius 2 is 1.92 bits per heavy atom. The smallest absolute Gasteiger partial charge is 0.123 e. The van der Waals surface area contributed by atoms with Gasteiger partial charge in [-0.25, -0.2) is 4.98 Å². The second kappa shape index (κ2) is 5.30. The highest BCUT2D eigenvalue weighted by atomic mass is 35.5. The minimum atomic E-state index is 0. The average Bonchev–Trinajstić information content (AvgIpc) is 1.90. The molecule has 0 radical (unpaired) electrons. The molecule has 2 nitrogen and oxygen atoms in total. The predicted octanol–water partition coefficient (Wildman–Crippen LogP) is 2.77. The number of hydrogen-bond acceptors (Lipinski definition) is 2. The molecule has 2 rings (SSSR count). The average molecular weight is 221 g/mol. The molecule has 1 aliphatic rings. The topological polar surface area (TPSA) is 38.9 Å². The Morgan fingerprint density at radius 1 is 1.23 bits per heavy atom. The highest BCUT2D eigenvalue weighted by molar-refractivity contribution is 5.85. The Bertz CT molecular complexity index is 244.